The average Bonchev–Trinajstić information content (AvgIpc) is 1.96. The first-order valence-corrected chi connectivity index (χ1v) is 7.81. The Balaban J connectivity index is 3.45. The lowest BCUT2D eigenvalue weighted by Crippen LogP contribution is -2.30. The fourth-order valence-corrected chi connectivity index (χ4v) is 2.63. The van der Waals surface area contributed by atoms with Crippen LogP contribution in [0.15, 0.2) is 0 Å². The Morgan fingerprint density at radius 3 is 2.25 bits per heavy atom. The Kier molecular flexibility index (Phi) is 6.71. The highest BCUT2D eigenvalue weighted by atomic mass is 28.3. The van der Waals surface area contributed by atoms with E-state index >= 15 is 0 Å². The van der Waals surface area contributed by atoms with Gasteiger partial charge in [-0.25, -0.2) is 0 Å². The topological polar surface area (TPSA) is 12.5 Å². The van der Waals surface area contributed by atoms with Crippen molar-refractivity contribution in [2.75, 3.05) is 27.2 Å². The summed E-state index contributed by atoms with van der Waals surface area (Å²) in [6, 6.07) is 0. The van der Waals surface area contributed by atoms with Crippen LogP contribution in [0.3, 0.4) is 0 Å². The van der Waals surface area contributed by atoms with Crippen molar-refractivity contribution < 1.29 is 4.74 Å². The van der Waals surface area contributed by atoms with Gasteiger partial charge in [-0.2, -0.15) is 0 Å². The van der Waals surface area contributed by atoms with E-state index in [1.807, 2.05) is 0 Å². The highest BCUT2D eigenvalue weighted by Gasteiger charge is 2.11. The van der Waals surface area contributed by atoms with Crippen molar-refractivity contribution in [2.45, 2.75) is 32.2 Å². The van der Waals surface area contributed by atoms with Crippen LogP contribution in [-0.4, -0.2) is 46.7 Å². The normalized spacial score (nSPS) is 14.2. The van der Waals surface area contributed by atoms with Gasteiger partial charge in [-0.3, -0.25) is 0 Å². The zero-order valence-corrected chi connectivity index (χ0v) is 10.3. The molecule has 0 amide bonds. The van der Waals surface area contributed by atoms with Crippen LogP contribution in [0.25, 0.3) is 0 Å². The van der Waals surface area contributed by atoms with Crippen LogP contribution in [0.2, 0.25) is 13.1 Å². The minimum Gasteiger partial charge on any atom is -0.381 e. The molecule has 74 valence electrons. The molecule has 0 fully saturated rings. The third kappa shape index (κ3) is 5.74. The van der Waals surface area contributed by atoms with E-state index in [1.54, 1.807) is 0 Å². The minimum atomic E-state index is -0.589. The summed E-state index contributed by atoms with van der Waals surface area (Å²) in [5, 5.41) is 0. The van der Waals surface area contributed by atoms with Gasteiger partial charge in [0.05, 0.1) is 15.4 Å². The molecule has 2 nitrogen and oxygen atoms in total. The molecule has 0 bridgehead atoms. The van der Waals surface area contributed by atoms with E-state index in [1.165, 1.54) is 6.42 Å². The summed E-state index contributed by atoms with van der Waals surface area (Å²) in [7, 11) is 3.57. The number of nitrogens with zero attached hydrogens (tertiary/aromatic N) is 1. The molecule has 12 heavy (non-hydrogen) atoms. The Morgan fingerprint density at radius 2 is 1.92 bits per heavy atom. The highest BCUT2D eigenvalue weighted by molar-refractivity contribution is 6.57. The van der Waals surface area contributed by atoms with Crippen molar-refractivity contribution in [1.82, 2.24) is 4.90 Å². The lowest BCUT2D eigenvalue weighted by atomic mass is 10.5. The predicted octanol–water partition coefficient (Wildman–Crippen LogP) is 1.37. The molecule has 0 N–H and O–H groups in total. The van der Waals surface area contributed by atoms with Crippen molar-refractivity contribution in [2.24, 2.45) is 0 Å². The van der Waals surface area contributed by atoms with Gasteiger partial charge in [-0.15, -0.1) is 0 Å². The summed E-state index contributed by atoms with van der Waals surface area (Å²) >= 11 is 0. The third-order valence-electron chi connectivity index (χ3n) is 2.02. The van der Waals surface area contributed by atoms with E-state index in [2.05, 4.69) is 39.0 Å². The second-order valence-electron chi connectivity index (χ2n) is 3.86. The second kappa shape index (κ2) is 6.63. The summed E-state index contributed by atoms with van der Waals surface area (Å²) in [4.78, 5) is 2.16. The Bertz CT molecular complexity index is 107. The first kappa shape index (κ1) is 12.1. The molecule has 0 radical (unpaired) electrons. The molecule has 0 rings (SSSR count). The molecule has 0 aliphatic rings. The maximum atomic E-state index is 5.78. The summed E-state index contributed by atoms with van der Waals surface area (Å²) in [5.74, 6) is 0. The molecule has 0 saturated heterocycles. The molecule has 0 aromatic rings. The van der Waals surface area contributed by atoms with Crippen LogP contribution in [0.5, 0.6) is 0 Å². The minimum absolute atomic E-state index is 0.574. The molecular formula is C9H23NOSi. The van der Waals surface area contributed by atoms with E-state index in [9.17, 15) is 0 Å². The fourth-order valence-electron chi connectivity index (χ4n) is 1.17. The molecule has 0 aliphatic carbocycles. The zero-order chi connectivity index (χ0) is 9.56. The SMILES string of the molecule is CCC(OCCN(C)C)[SiH](C)C. The smallest absolute Gasteiger partial charge is 0.0655 e. The molecule has 0 saturated carbocycles. The van der Waals surface area contributed by atoms with Crippen LogP contribution in [-0.2, 0) is 4.74 Å². The van der Waals surface area contributed by atoms with Crippen LogP contribution in [0.4, 0.5) is 0 Å². The monoisotopic (exact) mass is 189 g/mol. The average molecular weight is 189 g/mol. The first-order valence-electron chi connectivity index (χ1n) is 4.84. The van der Waals surface area contributed by atoms with Crippen LogP contribution < -0.4 is 0 Å². The highest BCUT2D eigenvalue weighted by Crippen LogP contribution is 2.02. The van der Waals surface area contributed by atoms with E-state index in [4.69, 9.17) is 4.74 Å². The molecule has 0 heterocycles. The summed E-state index contributed by atoms with van der Waals surface area (Å²) in [6.07, 6.45) is 1.18. The van der Waals surface area contributed by atoms with Gasteiger partial charge in [0.2, 0.25) is 0 Å². The van der Waals surface area contributed by atoms with Gasteiger partial charge in [-0.1, -0.05) is 20.0 Å². The number of hydrogen-bond donors (Lipinski definition) is 0. The fraction of sp³-hybridized carbons (Fsp3) is 1.00. The van der Waals surface area contributed by atoms with Crippen molar-refractivity contribution in [3.05, 3.63) is 0 Å². The molecular weight excluding hydrogens is 166 g/mol. The summed E-state index contributed by atoms with van der Waals surface area (Å²) in [6.45, 7) is 8.84. The lowest BCUT2D eigenvalue weighted by molar-refractivity contribution is 0.0871. The lowest BCUT2D eigenvalue weighted by Gasteiger charge is -2.20. The van der Waals surface area contributed by atoms with Gasteiger partial charge >= 0.3 is 0 Å². The number of hydrogen-bond acceptors (Lipinski definition) is 2. The van der Waals surface area contributed by atoms with Gasteiger partial charge in [0.1, 0.15) is 0 Å². The van der Waals surface area contributed by atoms with Crippen molar-refractivity contribution in [3.63, 3.8) is 0 Å². The first-order chi connectivity index (χ1) is 5.57. The van der Waals surface area contributed by atoms with E-state index in [-0.39, 0.29) is 0 Å². The van der Waals surface area contributed by atoms with Crippen LogP contribution in [0.1, 0.15) is 13.3 Å². The van der Waals surface area contributed by atoms with Gasteiger partial charge in [-0.05, 0) is 20.5 Å². The van der Waals surface area contributed by atoms with Crippen molar-refractivity contribution in [3.8, 4) is 0 Å². The van der Waals surface area contributed by atoms with Gasteiger partial charge in [0, 0.05) is 12.3 Å². The number of likely N-dealkylation sites (N-methyl/N-ethyl adjacent to an activating group) is 1. The van der Waals surface area contributed by atoms with Crippen LogP contribution in [0, 0.1) is 0 Å². The summed E-state index contributed by atoms with van der Waals surface area (Å²) < 4.78 is 5.78. The largest absolute Gasteiger partial charge is 0.381 e. The standard InChI is InChI=1S/C9H23NOSi/c1-6-9(12(4)5)11-8-7-10(2)3/h9,12H,6-8H2,1-5H3. The zero-order valence-electron chi connectivity index (χ0n) is 9.13. The van der Waals surface area contributed by atoms with Gasteiger partial charge in [0.25, 0.3) is 0 Å². The quantitative estimate of drug-likeness (QED) is 0.585. The van der Waals surface area contributed by atoms with E-state index in [0.29, 0.717) is 5.73 Å². The second-order valence-corrected chi connectivity index (χ2v) is 7.10. The van der Waals surface area contributed by atoms with Crippen molar-refractivity contribution in [1.29, 1.82) is 0 Å². The number of rotatable bonds is 6. The van der Waals surface area contributed by atoms with Gasteiger partial charge in [0.15, 0.2) is 0 Å². The Morgan fingerprint density at radius 1 is 1.33 bits per heavy atom. The molecule has 1 atom stereocenters. The molecule has 3 heteroatoms. The van der Waals surface area contributed by atoms with Crippen molar-refractivity contribution >= 4 is 8.80 Å². The molecule has 1 unspecified atom stereocenters. The van der Waals surface area contributed by atoms with E-state index < -0.39 is 8.80 Å². The molecule has 0 aliphatic heterocycles. The van der Waals surface area contributed by atoms with Gasteiger partial charge < -0.3 is 9.64 Å². The summed E-state index contributed by atoms with van der Waals surface area (Å²) in [5.41, 5.74) is 0.574. The predicted molar refractivity (Wildman–Crippen MR) is 57.5 cm³/mol. The maximum Gasteiger partial charge on any atom is 0.0655 e. The Hall–Kier alpha value is 0.137. The molecule has 0 spiro atoms. The van der Waals surface area contributed by atoms with Crippen LogP contribution >= 0.6 is 0 Å². The number of ether oxygens (including phenoxy) is 1. The van der Waals surface area contributed by atoms with E-state index in [0.717, 1.165) is 13.2 Å². The molecule has 0 aromatic carbocycles. The third-order valence-corrected chi connectivity index (χ3v) is 4.17. The maximum absolute atomic E-state index is 5.78. The Labute approximate surface area is 78.5 Å². The molecule has 0 aromatic heterocycles.